The first-order valence-corrected chi connectivity index (χ1v) is 7.72. The van der Waals surface area contributed by atoms with Gasteiger partial charge in [-0.3, -0.25) is 10.1 Å². The molecule has 9 heteroatoms. The molecule has 0 unspecified atom stereocenters. The molecule has 0 aliphatic heterocycles. The molecule has 0 saturated carbocycles. The number of nitrogens with one attached hydrogen (secondary N) is 1. The zero-order valence-electron chi connectivity index (χ0n) is 9.95. The standard InChI is InChI=1S/C11H9FN2O4S2/c12-10-6-9(3-4-11(10)14(15)16)20(17,18)13-7-8-2-1-5-19-8/h1-6,13H,7H2. The summed E-state index contributed by atoms with van der Waals surface area (Å²) in [5.41, 5.74) is -0.762. The van der Waals surface area contributed by atoms with Gasteiger partial charge in [-0.2, -0.15) is 4.39 Å². The fourth-order valence-electron chi connectivity index (χ4n) is 1.47. The minimum Gasteiger partial charge on any atom is -0.258 e. The van der Waals surface area contributed by atoms with Gasteiger partial charge in [0.25, 0.3) is 0 Å². The smallest absolute Gasteiger partial charge is 0.258 e. The van der Waals surface area contributed by atoms with Gasteiger partial charge in [-0.15, -0.1) is 11.3 Å². The first kappa shape index (κ1) is 14.6. The van der Waals surface area contributed by atoms with Crippen molar-refractivity contribution in [3.63, 3.8) is 0 Å². The Morgan fingerprint density at radius 2 is 2.10 bits per heavy atom. The maximum atomic E-state index is 13.4. The van der Waals surface area contributed by atoms with E-state index in [0.29, 0.717) is 6.07 Å². The molecule has 1 N–H and O–H groups in total. The Labute approximate surface area is 118 Å². The predicted molar refractivity (Wildman–Crippen MR) is 71.4 cm³/mol. The predicted octanol–water partition coefficient (Wildman–Crippen LogP) is 2.27. The molecule has 0 radical (unpaired) electrons. The molecule has 20 heavy (non-hydrogen) atoms. The van der Waals surface area contributed by atoms with Crippen LogP contribution in [0.25, 0.3) is 0 Å². The zero-order chi connectivity index (χ0) is 14.8. The van der Waals surface area contributed by atoms with Crippen LogP contribution in [-0.2, 0) is 16.6 Å². The highest BCUT2D eigenvalue weighted by Crippen LogP contribution is 2.21. The van der Waals surface area contributed by atoms with E-state index in [9.17, 15) is 22.9 Å². The number of nitro groups is 1. The minimum atomic E-state index is -3.91. The first-order valence-electron chi connectivity index (χ1n) is 5.36. The van der Waals surface area contributed by atoms with E-state index in [1.165, 1.54) is 11.3 Å². The summed E-state index contributed by atoms with van der Waals surface area (Å²) in [5, 5.41) is 12.3. The average molecular weight is 316 g/mol. The van der Waals surface area contributed by atoms with E-state index < -0.39 is 26.5 Å². The molecule has 0 amide bonds. The molecule has 0 bridgehead atoms. The Hall–Kier alpha value is -1.84. The second-order valence-corrected chi connectivity index (χ2v) is 6.57. The van der Waals surface area contributed by atoms with Crippen LogP contribution >= 0.6 is 11.3 Å². The fourth-order valence-corrected chi connectivity index (χ4v) is 3.22. The van der Waals surface area contributed by atoms with E-state index in [2.05, 4.69) is 4.72 Å². The molecule has 6 nitrogen and oxygen atoms in total. The molecule has 0 aliphatic carbocycles. The van der Waals surface area contributed by atoms with Crippen molar-refractivity contribution in [2.24, 2.45) is 0 Å². The summed E-state index contributed by atoms with van der Waals surface area (Å²) in [5.74, 6) is -1.19. The summed E-state index contributed by atoms with van der Waals surface area (Å²) in [6, 6.07) is 5.99. The number of nitrogens with zero attached hydrogens (tertiary/aromatic N) is 1. The van der Waals surface area contributed by atoms with Gasteiger partial charge in [0.05, 0.1) is 9.82 Å². The minimum absolute atomic E-state index is 0.0820. The van der Waals surface area contributed by atoms with Crippen molar-refractivity contribution in [2.45, 2.75) is 11.4 Å². The molecule has 1 aromatic carbocycles. The quantitative estimate of drug-likeness (QED) is 0.677. The number of thiophene rings is 1. The van der Waals surface area contributed by atoms with Gasteiger partial charge in [0.1, 0.15) is 0 Å². The number of benzene rings is 1. The summed E-state index contributed by atoms with van der Waals surface area (Å²) in [6.45, 7) is 0.0820. The number of sulfonamides is 1. The Balaban J connectivity index is 2.21. The molecular formula is C11H9FN2O4S2. The van der Waals surface area contributed by atoms with Gasteiger partial charge in [0.2, 0.25) is 15.8 Å². The van der Waals surface area contributed by atoms with Gasteiger partial charge < -0.3 is 0 Å². The molecule has 2 aromatic rings. The third kappa shape index (κ3) is 3.18. The Morgan fingerprint density at radius 1 is 1.35 bits per heavy atom. The largest absolute Gasteiger partial charge is 0.304 e. The Kier molecular flexibility index (Phi) is 4.12. The van der Waals surface area contributed by atoms with Gasteiger partial charge >= 0.3 is 5.69 Å². The Morgan fingerprint density at radius 3 is 2.65 bits per heavy atom. The number of hydrogen-bond donors (Lipinski definition) is 1. The first-order chi connectivity index (χ1) is 9.40. The van der Waals surface area contributed by atoms with Crippen molar-refractivity contribution in [1.82, 2.24) is 4.72 Å². The second kappa shape index (κ2) is 5.65. The lowest BCUT2D eigenvalue weighted by Gasteiger charge is -2.05. The van der Waals surface area contributed by atoms with Gasteiger partial charge in [-0.05, 0) is 17.5 Å². The summed E-state index contributed by atoms with van der Waals surface area (Å²) in [4.78, 5) is 10.0. The molecule has 0 fully saturated rings. The maximum absolute atomic E-state index is 13.4. The van der Waals surface area contributed by atoms with Crippen LogP contribution < -0.4 is 4.72 Å². The van der Waals surface area contributed by atoms with Crippen molar-refractivity contribution in [2.75, 3.05) is 0 Å². The van der Waals surface area contributed by atoms with E-state index in [1.54, 1.807) is 17.5 Å². The molecular weight excluding hydrogens is 307 g/mol. The van der Waals surface area contributed by atoms with Crippen LogP contribution in [0.4, 0.5) is 10.1 Å². The van der Waals surface area contributed by atoms with Crippen LogP contribution in [0.5, 0.6) is 0 Å². The molecule has 106 valence electrons. The second-order valence-electron chi connectivity index (χ2n) is 3.77. The third-order valence-corrected chi connectivity index (χ3v) is 4.72. The highest BCUT2D eigenvalue weighted by molar-refractivity contribution is 7.89. The summed E-state index contributed by atoms with van der Waals surface area (Å²) in [6.07, 6.45) is 0. The molecule has 0 spiro atoms. The van der Waals surface area contributed by atoms with Crippen molar-refractivity contribution >= 4 is 27.0 Å². The van der Waals surface area contributed by atoms with Gasteiger partial charge in [0.15, 0.2) is 0 Å². The third-order valence-electron chi connectivity index (χ3n) is 2.44. The fraction of sp³-hybridized carbons (Fsp3) is 0.0909. The number of halogens is 1. The summed E-state index contributed by atoms with van der Waals surface area (Å²) in [7, 11) is -3.91. The van der Waals surface area contributed by atoms with Crippen LogP contribution in [-0.4, -0.2) is 13.3 Å². The Bertz CT molecular complexity index is 729. The number of nitro benzene ring substituents is 1. The summed E-state index contributed by atoms with van der Waals surface area (Å²) >= 11 is 1.38. The normalized spacial score (nSPS) is 11.4. The van der Waals surface area contributed by atoms with Crippen molar-refractivity contribution in [3.8, 4) is 0 Å². The van der Waals surface area contributed by atoms with E-state index in [1.807, 2.05) is 0 Å². The SMILES string of the molecule is O=[N+]([O-])c1ccc(S(=O)(=O)NCc2cccs2)cc1F. The monoisotopic (exact) mass is 316 g/mol. The van der Waals surface area contributed by atoms with E-state index in [4.69, 9.17) is 0 Å². The summed E-state index contributed by atoms with van der Waals surface area (Å²) < 4.78 is 39.5. The highest BCUT2D eigenvalue weighted by Gasteiger charge is 2.20. The van der Waals surface area contributed by atoms with Gasteiger partial charge in [-0.1, -0.05) is 6.07 Å². The van der Waals surface area contributed by atoms with E-state index >= 15 is 0 Å². The lowest BCUT2D eigenvalue weighted by atomic mass is 10.3. The van der Waals surface area contributed by atoms with E-state index in [0.717, 1.165) is 17.0 Å². The van der Waals surface area contributed by atoms with Crippen LogP contribution in [0.3, 0.4) is 0 Å². The number of rotatable bonds is 5. The van der Waals surface area contributed by atoms with Crippen molar-refractivity contribution in [3.05, 3.63) is 56.5 Å². The molecule has 0 saturated heterocycles. The van der Waals surface area contributed by atoms with Crippen LogP contribution in [0, 0.1) is 15.9 Å². The van der Waals surface area contributed by atoms with Crippen LogP contribution in [0.15, 0.2) is 40.6 Å². The lowest BCUT2D eigenvalue weighted by Crippen LogP contribution is -2.23. The topological polar surface area (TPSA) is 89.3 Å². The zero-order valence-corrected chi connectivity index (χ0v) is 11.6. The van der Waals surface area contributed by atoms with Crippen molar-refractivity contribution < 1.29 is 17.7 Å². The molecule has 1 heterocycles. The molecule has 0 aliphatic rings. The van der Waals surface area contributed by atoms with E-state index in [-0.39, 0.29) is 11.4 Å². The van der Waals surface area contributed by atoms with Crippen LogP contribution in [0.1, 0.15) is 4.88 Å². The number of hydrogen-bond acceptors (Lipinski definition) is 5. The molecule has 2 rings (SSSR count). The average Bonchev–Trinajstić information content (AvgIpc) is 2.89. The molecule has 1 aromatic heterocycles. The maximum Gasteiger partial charge on any atom is 0.304 e. The van der Waals surface area contributed by atoms with Gasteiger partial charge in [-0.25, -0.2) is 13.1 Å². The van der Waals surface area contributed by atoms with Gasteiger partial charge in [0, 0.05) is 23.6 Å². The highest BCUT2D eigenvalue weighted by atomic mass is 32.2. The van der Waals surface area contributed by atoms with Crippen molar-refractivity contribution in [1.29, 1.82) is 0 Å². The van der Waals surface area contributed by atoms with Crippen LogP contribution in [0.2, 0.25) is 0 Å². The lowest BCUT2D eigenvalue weighted by molar-refractivity contribution is -0.387. The molecule has 0 atom stereocenters.